The fourth-order valence-electron chi connectivity index (χ4n) is 1.96. The van der Waals surface area contributed by atoms with Gasteiger partial charge in [-0.15, -0.1) is 0 Å². The molecule has 0 radical (unpaired) electrons. The fourth-order valence-corrected chi connectivity index (χ4v) is 1.96. The summed E-state index contributed by atoms with van der Waals surface area (Å²) in [6.07, 6.45) is 1.09. The van der Waals surface area contributed by atoms with E-state index < -0.39 is 0 Å². The first kappa shape index (κ1) is 10.2. The Morgan fingerprint density at radius 3 is 3.13 bits per heavy atom. The monoisotopic (exact) mass is 208 g/mol. The number of hydrogen-bond acceptors (Lipinski definition) is 4. The van der Waals surface area contributed by atoms with Crippen LogP contribution in [0.3, 0.4) is 0 Å². The molecule has 0 spiro atoms. The predicted octanol–water partition coefficient (Wildman–Crippen LogP) is -0.137. The number of aryl methyl sites for hydroxylation is 1. The Morgan fingerprint density at radius 2 is 2.53 bits per heavy atom. The second kappa shape index (κ2) is 4.02. The Hall–Kier alpha value is -1.36. The van der Waals surface area contributed by atoms with Crippen molar-refractivity contribution < 1.29 is 0 Å². The van der Waals surface area contributed by atoms with Gasteiger partial charge in [-0.05, 0) is 25.8 Å². The number of aromatic amines is 1. The summed E-state index contributed by atoms with van der Waals surface area (Å²) in [5.41, 5.74) is 5.53. The van der Waals surface area contributed by atoms with Crippen LogP contribution in [0, 0.1) is 12.8 Å². The van der Waals surface area contributed by atoms with E-state index in [0.29, 0.717) is 18.3 Å². The molecule has 1 fully saturated rings. The molecule has 3 N–H and O–H groups in total. The zero-order chi connectivity index (χ0) is 10.8. The van der Waals surface area contributed by atoms with Crippen LogP contribution in [0.5, 0.6) is 0 Å². The normalized spacial score (nSPS) is 20.9. The molecule has 1 aromatic heterocycles. The van der Waals surface area contributed by atoms with Gasteiger partial charge in [-0.1, -0.05) is 0 Å². The van der Waals surface area contributed by atoms with Crippen molar-refractivity contribution in [2.24, 2.45) is 11.7 Å². The van der Waals surface area contributed by atoms with Crippen LogP contribution >= 0.6 is 0 Å². The molecule has 1 unspecified atom stereocenters. The largest absolute Gasteiger partial charge is 0.356 e. The lowest BCUT2D eigenvalue weighted by Gasteiger charge is -2.16. The molecule has 5 heteroatoms. The third-order valence-corrected chi connectivity index (χ3v) is 2.79. The number of H-pyrrole nitrogens is 1. The first-order valence-electron chi connectivity index (χ1n) is 5.22. The second-order valence-corrected chi connectivity index (χ2v) is 4.03. The van der Waals surface area contributed by atoms with Crippen LogP contribution in [0.15, 0.2) is 10.9 Å². The maximum Gasteiger partial charge on any atom is 0.252 e. The number of nitrogens with two attached hydrogens (primary N) is 1. The molecule has 2 rings (SSSR count). The molecule has 1 aliphatic rings. The van der Waals surface area contributed by atoms with Crippen molar-refractivity contribution in [2.75, 3.05) is 24.5 Å². The highest BCUT2D eigenvalue weighted by atomic mass is 16.1. The predicted molar refractivity (Wildman–Crippen MR) is 59.0 cm³/mol. The highest BCUT2D eigenvalue weighted by molar-refractivity contribution is 5.38. The average molecular weight is 208 g/mol. The summed E-state index contributed by atoms with van der Waals surface area (Å²) < 4.78 is 0. The van der Waals surface area contributed by atoms with Gasteiger partial charge >= 0.3 is 0 Å². The molecule has 2 heterocycles. The van der Waals surface area contributed by atoms with Gasteiger partial charge < -0.3 is 15.6 Å². The highest BCUT2D eigenvalue weighted by Crippen LogP contribution is 2.19. The van der Waals surface area contributed by atoms with Crippen LogP contribution in [0.25, 0.3) is 0 Å². The Bertz CT molecular complexity index is 401. The Labute approximate surface area is 88.3 Å². The summed E-state index contributed by atoms with van der Waals surface area (Å²) in [5.74, 6) is 1.97. The molecular weight excluding hydrogens is 192 g/mol. The minimum Gasteiger partial charge on any atom is -0.356 e. The molecule has 1 saturated heterocycles. The Morgan fingerprint density at radius 1 is 1.73 bits per heavy atom. The first-order valence-corrected chi connectivity index (χ1v) is 5.22. The van der Waals surface area contributed by atoms with Crippen LogP contribution in [-0.2, 0) is 0 Å². The van der Waals surface area contributed by atoms with Gasteiger partial charge in [0.25, 0.3) is 5.56 Å². The number of nitrogens with one attached hydrogen (secondary N) is 1. The summed E-state index contributed by atoms with van der Waals surface area (Å²) in [5, 5.41) is 0. The maximum absolute atomic E-state index is 11.3. The van der Waals surface area contributed by atoms with E-state index in [1.165, 1.54) is 0 Å². The Balaban J connectivity index is 2.20. The molecule has 0 bridgehead atoms. The van der Waals surface area contributed by atoms with Crippen molar-refractivity contribution in [3.63, 3.8) is 0 Å². The van der Waals surface area contributed by atoms with Crippen LogP contribution in [0.1, 0.15) is 12.2 Å². The number of rotatable bonds is 2. The number of aromatic nitrogens is 2. The second-order valence-electron chi connectivity index (χ2n) is 4.03. The quantitative estimate of drug-likeness (QED) is 0.709. The lowest BCUT2D eigenvalue weighted by atomic mass is 10.1. The minimum atomic E-state index is -0.0892. The SMILES string of the molecule is Cc1nc(N2CCC(CN)C2)cc(=O)[nH]1. The molecule has 1 atom stereocenters. The van der Waals surface area contributed by atoms with Crippen LogP contribution < -0.4 is 16.2 Å². The van der Waals surface area contributed by atoms with Gasteiger partial charge in [0, 0.05) is 19.2 Å². The molecule has 1 aliphatic heterocycles. The van der Waals surface area contributed by atoms with Gasteiger partial charge in [0.05, 0.1) is 0 Å². The van der Waals surface area contributed by atoms with Crippen molar-refractivity contribution in [1.82, 2.24) is 9.97 Å². The third kappa shape index (κ3) is 2.18. The van der Waals surface area contributed by atoms with E-state index in [9.17, 15) is 4.79 Å². The molecule has 1 aromatic rings. The minimum absolute atomic E-state index is 0.0892. The first-order chi connectivity index (χ1) is 7.19. The van der Waals surface area contributed by atoms with E-state index in [1.807, 2.05) is 0 Å². The van der Waals surface area contributed by atoms with Crippen molar-refractivity contribution in [3.05, 3.63) is 22.2 Å². The average Bonchev–Trinajstić information content (AvgIpc) is 2.64. The van der Waals surface area contributed by atoms with E-state index in [4.69, 9.17) is 5.73 Å². The number of anilines is 1. The standard InChI is InChI=1S/C10H16N4O/c1-7-12-9(4-10(15)13-7)14-3-2-8(5-11)6-14/h4,8H,2-3,5-6,11H2,1H3,(H,12,13,15). The molecule has 0 amide bonds. The summed E-state index contributed by atoms with van der Waals surface area (Å²) in [6, 6.07) is 1.55. The maximum atomic E-state index is 11.3. The summed E-state index contributed by atoms with van der Waals surface area (Å²) in [6.45, 7) is 4.35. The molecule has 0 aromatic carbocycles. The van der Waals surface area contributed by atoms with Gasteiger partial charge in [0.1, 0.15) is 11.6 Å². The zero-order valence-corrected chi connectivity index (χ0v) is 8.86. The number of nitrogens with zero attached hydrogens (tertiary/aromatic N) is 2. The van der Waals surface area contributed by atoms with E-state index in [2.05, 4.69) is 14.9 Å². The van der Waals surface area contributed by atoms with Gasteiger partial charge in [-0.2, -0.15) is 0 Å². The lowest BCUT2D eigenvalue weighted by Crippen LogP contribution is -2.25. The molecule has 15 heavy (non-hydrogen) atoms. The Kier molecular flexibility index (Phi) is 2.73. The molecular formula is C10H16N4O. The van der Waals surface area contributed by atoms with E-state index >= 15 is 0 Å². The molecule has 0 saturated carbocycles. The summed E-state index contributed by atoms with van der Waals surface area (Å²) in [7, 11) is 0. The molecule has 82 valence electrons. The van der Waals surface area contributed by atoms with Crippen molar-refractivity contribution in [1.29, 1.82) is 0 Å². The van der Waals surface area contributed by atoms with Gasteiger partial charge in [-0.25, -0.2) is 4.98 Å². The van der Waals surface area contributed by atoms with Crippen molar-refractivity contribution >= 4 is 5.82 Å². The van der Waals surface area contributed by atoms with Crippen molar-refractivity contribution in [2.45, 2.75) is 13.3 Å². The fraction of sp³-hybridized carbons (Fsp3) is 0.600. The van der Waals surface area contributed by atoms with E-state index in [-0.39, 0.29) is 5.56 Å². The highest BCUT2D eigenvalue weighted by Gasteiger charge is 2.22. The summed E-state index contributed by atoms with van der Waals surface area (Å²) in [4.78, 5) is 20.4. The molecule has 5 nitrogen and oxygen atoms in total. The summed E-state index contributed by atoms with van der Waals surface area (Å²) >= 11 is 0. The topological polar surface area (TPSA) is 75.0 Å². The smallest absolute Gasteiger partial charge is 0.252 e. The van der Waals surface area contributed by atoms with Crippen LogP contribution in [0.2, 0.25) is 0 Å². The third-order valence-electron chi connectivity index (χ3n) is 2.79. The van der Waals surface area contributed by atoms with E-state index in [0.717, 1.165) is 25.3 Å². The van der Waals surface area contributed by atoms with Gasteiger partial charge in [0.2, 0.25) is 0 Å². The van der Waals surface area contributed by atoms with Gasteiger partial charge in [0.15, 0.2) is 0 Å². The lowest BCUT2D eigenvalue weighted by molar-refractivity contribution is 0.602. The number of hydrogen-bond donors (Lipinski definition) is 2. The van der Waals surface area contributed by atoms with Crippen LogP contribution in [-0.4, -0.2) is 29.6 Å². The van der Waals surface area contributed by atoms with Gasteiger partial charge in [-0.3, -0.25) is 4.79 Å². The zero-order valence-electron chi connectivity index (χ0n) is 8.86. The van der Waals surface area contributed by atoms with E-state index in [1.54, 1.807) is 13.0 Å². The van der Waals surface area contributed by atoms with Crippen molar-refractivity contribution in [3.8, 4) is 0 Å². The van der Waals surface area contributed by atoms with Crippen LogP contribution in [0.4, 0.5) is 5.82 Å². The molecule has 0 aliphatic carbocycles.